The van der Waals surface area contributed by atoms with Gasteiger partial charge in [-0.15, -0.1) is 0 Å². The average molecular weight is 579 g/mol. The summed E-state index contributed by atoms with van der Waals surface area (Å²) in [6.45, 7) is 6.98. The third-order valence-electron chi connectivity index (χ3n) is 8.41. The highest BCUT2D eigenvalue weighted by atomic mass is 31.1. The summed E-state index contributed by atoms with van der Waals surface area (Å²) in [6.07, 6.45) is 35.9. The van der Waals surface area contributed by atoms with Gasteiger partial charge in [-0.1, -0.05) is 156 Å². The molecule has 2 aromatic heterocycles. The van der Waals surface area contributed by atoms with E-state index in [4.69, 9.17) is 9.97 Å². The molecule has 2 aromatic rings. The quantitative estimate of drug-likeness (QED) is 0.0819. The molecule has 0 spiro atoms. The predicted molar refractivity (Wildman–Crippen MR) is 185 cm³/mol. The predicted octanol–water partition coefficient (Wildman–Crippen LogP) is 13.0. The van der Waals surface area contributed by atoms with Crippen LogP contribution in [0.3, 0.4) is 0 Å². The van der Waals surface area contributed by atoms with Gasteiger partial charge in [0.1, 0.15) is 0 Å². The van der Waals surface area contributed by atoms with E-state index in [1.807, 2.05) is 24.5 Å². The summed E-state index contributed by atoms with van der Waals surface area (Å²) in [7, 11) is -0.180. The Hall–Kier alpha value is -1.53. The number of allylic oxidation sites excluding steroid dienone is 1. The van der Waals surface area contributed by atoms with E-state index < -0.39 is 0 Å². The number of aromatic nitrogens is 2. The Morgan fingerprint density at radius 2 is 0.854 bits per heavy atom. The second-order valence-electron chi connectivity index (χ2n) is 12.0. The molecule has 0 atom stereocenters. The van der Waals surface area contributed by atoms with E-state index in [9.17, 15) is 0 Å². The van der Waals surface area contributed by atoms with Crippen LogP contribution >= 0.6 is 7.92 Å². The van der Waals surface area contributed by atoms with Crippen molar-refractivity contribution in [2.45, 2.75) is 156 Å². The van der Waals surface area contributed by atoms with Crippen molar-refractivity contribution in [3.63, 3.8) is 0 Å². The first kappa shape index (κ1) is 35.7. The summed E-state index contributed by atoms with van der Waals surface area (Å²) in [5, 5.41) is 1.64. The lowest BCUT2D eigenvalue weighted by molar-refractivity contribution is 0.561. The van der Waals surface area contributed by atoms with Crippen molar-refractivity contribution in [2.24, 2.45) is 0 Å². The van der Waals surface area contributed by atoms with Crippen molar-refractivity contribution in [1.82, 2.24) is 9.97 Å². The van der Waals surface area contributed by atoms with Crippen LogP contribution in [-0.2, 0) is 0 Å². The van der Waals surface area contributed by atoms with Crippen LogP contribution in [0.5, 0.6) is 0 Å². The highest BCUT2D eigenvalue weighted by molar-refractivity contribution is 7.62. The zero-order valence-corrected chi connectivity index (χ0v) is 28.1. The van der Waals surface area contributed by atoms with Gasteiger partial charge in [-0.25, -0.2) is 0 Å². The molecular formula is C38H63N2P. The fraction of sp³-hybridized carbons (Fsp3) is 0.684. The molecule has 0 N–H and O–H groups in total. The summed E-state index contributed by atoms with van der Waals surface area (Å²) in [5.74, 6) is 0. The SMILES string of the molecule is CCCCCCCCCCCCP(CCCCCCCCCCCC)C(CC)=C(c1ccccn1)c1ccccn1. The van der Waals surface area contributed by atoms with Gasteiger partial charge in [0.05, 0.1) is 11.4 Å². The zero-order chi connectivity index (χ0) is 29.2. The van der Waals surface area contributed by atoms with E-state index in [1.165, 1.54) is 146 Å². The molecule has 3 heteroatoms. The van der Waals surface area contributed by atoms with E-state index in [-0.39, 0.29) is 7.92 Å². The Labute approximate surface area is 256 Å². The molecule has 2 nitrogen and oxygen atoms in total. The second kappa shape index (κ2) is 25.0. The van der Waals surface area contributed by atoms with Gasteiger partial charge >= 0.3 is 0 Å². The van der Waals surface area contributed by atoms with Crippen LogP contribution in [0.25, 0.3) is 5.57 Å². The van der Waals surface area contributed by atoms with Crippen molar-refractivity contribution in [1.29, 1.82) is 0 Å². The summed E-state index contributed by atoms with van der Waals surface area (Å²) in [6, 6.07) is 12.7. The van der Waals surface area contributed by atoms with Crippen LogP contribution in [0.2, 0.25) is 0 Å². The van der Waals surface area contributed by atoms with Crippen molar-refractivity contribution in [2.75, 3.05) is 12.3 Å². The van der Waals surface area contributed by atoms with Gasteiger partial charge < -0.3 is 0 Å². The largest absolute Gasteiger partial charge is 0.256 e. The zero-order valence-electron chi connectivity index (χ0n) is 27.2. The highest BCUT2D eigenvalue weighted by Gasteiger charge is 2.20. The molecule has 41 heavy (non-hydrogen) atoms. The van der Waals surface area contributed by atoms with Gasteiger partial charge in [0.2, 0.25) is 0 Å². The highest BCUT2D eigenvalue weighted by Crippen LogP contribution is 2.52. The molecule has 0 saturated carbocycles. The van der Waals surface area contributed by atoms with Crippen LogP contribution < -0.4 is 0 Å². The molecular weight excluding hydrogens is 515 g/mol. The third kappa shape index (κ3) is 16.0. The first-order valence-electron chi connectivity index (χ1n) is 17.6. The number of unbranched alkanes of at least 4 members (excludes halogenated alkanes) is 18. The molecule has 0 aromatic carbocycles. The number of hydrogen-bond acceptors (Lipinski definition) is 2. The molecule has 2 rings (SSSR count). The first-order chi connectivity index (χ1) is 20.3. The number of rotatable bonds is 26. The fourth-order valence-corrected chi connectivity index (χ4v) is 8.94. The number of nitrogens with zero attached hydrogens (tertiary/aromatic N) is 2. The van der Waals surface area contributed by atoms with Crippen LogP contribution in [0.15, 0.2) is 54.1 Å². The Balaban J connectivity index is 1.99. The van der Waals surface area contributed by atoms with Crippen molar-refractivity contribution in [3.05, 3.63) is 65.5 Å². The summed E-state index contributed by atoms with van der Waals surface area (Å²) in [5.41, 5.74) is 3.52. The van der Waals surface area contributed by atoms with E-state index in [0.717, 1.165) is 17.8 Å². The lowest BCUT2D eigenvalue weighted by Gasteiger charge is -2.24. The topological polar surface area (TPSA) is 25.8 Å². The summed E-state index contributed by atoms with van der Waals surface area (Å²) < 4.78 is 0. The molecule has 0 aliphatic heterocycles. The Kier molecular flexibility index (Phi) is 21.8. The molecule has 2 heterocycles. The minimum Gasteiger partial charge on any atom is -0.256 e. The van der Waals surface area contributed by atoms with Crippen LogP contribution in [-0.4, -0.2) is 22.3 Å². The van der Waals surface area contributed by atoms with Gasteiger partial charge in [0, 0.05) is 18.0 Å². The molecule has 0 fully saturated rings. The summed E-state index contributed by atoms with van der Waals surface area (Å²) >= 11 is 0. The lowest BCUT2D eigenvalue weighted by atomic mass is 10.1. The Bertz CT molecular complexity index is 814. The van der Waals surface area contributed by atoms with E-state index >= 15 is 0 Å². The van der Waals surface area contributed by atoms with Crippen molar-refractivity contribution < 1.29 is 0 Å². The maximum atomic E-state index is 4.83. The monoisotopic (exact) mass is 578 g/mol. The van der Waals surface area contributed by atoms with Gasteiger partial charge in [0.25, 0.3) is 0 Å². The molecule has 0 amide bonds. The Morgan fingerprint density at radius 3 is 1.17 bits per heavy atom. The lowest BCUT2D eigenvalue weighted by Crippen LogP contribution is -2.02. The van der Waals surface area contributed by atoms with E-state index in [2.05, 4.69) is 45.0 Å². The van der Waals surface area contributed by atoms with Crippen LogP contribution in [0.1, 0.15) is 167 Å². The van der Waals surface area contributed by atoms with Crippen molar-refractivity contribution in [3.8, 4) is 0 Å². The van der Waals surface area contributed by atoms with E-state index in [0.29, 0.717) is 0 Å². The maximum Gasteiger partial charge on any atom is 0.0726 e. The fourth-order valence-electron chi connectivity index (χ4n) is 5.97. The van der Waals surface area contributed by atoms with Crippen molar-refractivity contribution >= 4 is 13.5 Å². The summed E-state index contributed by atoms with van der Waals surface area (Å²) in [4.78, 5) is 9.67. The van der Waals surface area contributed by atoms with Gasteiger partial charge in [-0.05, 0) is 61.2 Å². The minimum absolute atomic E-state index is 0.180. The van der Waals surface area contributed by atoms with Gasteiger partial charge in [-0.2, -0.15) is 0 Å². The smallest absolute Gasteiger partial charge is 0.0726 e. The molecule has 0 radical (unpaired) electrons. The molecule has 0 bridgehead atoms. The normalized spacial score (nSPS) is 11.3. The standard InChI is InChI=1S/C38H63N2P/c1-4-7-9-11-13-15-17-19-21-27-33-41(34-28-22-20-18-16-14-12-10-8-5-2)37(6-3)38(35-29-23-25-31-39-35)36-30-24-26-32-40-36/h23-26,29-32H,4-22,27-28,33-34H2,1-3H3. The minimum atomic E-state index is -0.180. The number of pyridine rings is 2. The number of hydrogen-bond donors (Lipinski definition) is 0. The molecule has 0 aliphatic rings. The van der Waals surface area contributed by atoms with Crippen LogP contribution in [0.4, 0.5) is 0 Å². The van der Waals surface area contributed by atoms with E-state index in [1.54, 1.807) is 5.31 Å². The van der Waals surface area contributed by atoms with Crippen LogP contribution in [0, 0.1) is 0 Å². The molecule has 230 valence electrons. The Morgan fingerprint density at radius 1 is 0.488 bits per heavy atom. The molecule has 0 unspecified atom stereocenters. The first-order valence-corrected chi connectivity index (χ1v) is 19.3. The third-order valence-corrected chi connectivity index (χ3v) is 11.4. The maximum absolute atomic E-state index is 4.83. The molecule has 0 aliphatic carbocycles. The molecule has 0 saturated heterocycles. The van der Waals surface area contributed by atoms with Gasteiger partial charge in [-0.3, -0.25) is 9.97 Å². The van der Waals surface area contributed by atoms with Gasteiger partial charge in [0.15, 0.2) is 0 Å². The average Bonchev–Trinajstić information content (AvgIpc) is 3.01. The second-order valence-corrected chi connectivity index (χ2v) is 14.5.